The van der Waals surface area contributed by atoms with Gasteiger partial charge in [-0.1, -0.05) is 11.6 Å². The molecule has 5 heteroatoms. The molecule has 0 spiro atoms. The number of fused-ring (bicyclic) bond motifs is 1. The van der Waals surface area contributed by atoms with Crippen LogP contribution < -0.4 is 4.74 Å². The molecule has 1 aromatic carbocycles. The van der Waals surface area contributed by atoms with E-state index in [0.717, 1.165) is 17.2 Å². The van der Waals surface area contributed by atoms with Gasteiger partial charge in [-0.15, -0.1) is 11.8 Å². The van der Waals surface area contributed by atoms with Gasteiger partial charge in [0.05, 0.1) is 10.6 Å². The minimum Gasteiger partial charge on any atom is -0.491 e. The number of ketones is 1. The van der Waals surface area contributed by atoms with Crippen molar-refractivity contribution in [2.24, 2.45) is 0 Å². The Balaban J connectivity index is 2.23. The predicted molar refractivity (Wildman–Crippen MR) is 75.2 cm³/mol. The fraction of sp³-hybridized carbons (Fsp3) is 0.462. The molecule has 0 N–H and O–H groups in total. The van der Waals surface area contributed by atoms with E-state index in [0.29, 0.717) is 29.4 Å². The van der Waals surface area contributed by atoms with Crippen molar-refractivity contribution in [2.75, 3.05) is 33.0 Å². The molecule has 3 nitrogen and oxygen atoms in total. The molecule has 0 aliphatic carbocycles. The summed E-state index contributed by atoms with van der Waals surface area (Å²) in [6.45, 7) is 1.39. The van der Waals surface area contributed by atoms with Crippen molar-refractivity contribution in [3.8, 4) is 5.75 Å². The maximum absolute atomic E-state index is 12.0. The van der Waals surface area contributed by atoms with Crippen molar-refractivity contribution in [3.05, 3.63) is 22.7 Å². The van der Waals surface area contributed by atoms with Crippen molar-refractivity contribution in [1.82, 2.24) is 4.90 Å². The summed E-state index contributed by atoms with van der Waals surface area (Å²) >= 11 is 7.76. The topological polar surface area (TPSA) is 29.5 Å². The number of likely N-dealkylation sites (N-methyl/N-ethyl adjacent to an activating group) is 1. The summed E-state index contributed by atoms with van der Waals surface area (Å²) in [5, 5.41) is 0.642. The monoisotopic (exact) mass is 285 g/mol. The first-order valence-electron chi connectivity index (χ1n) is 5.85. The number of hydrogen-bond acceptors (Lipinski definition) is 4. The van der Waals surface area contributed by atoms with Crippen molar-refractivity contribution in [3.63, 3.8) is 0 Å². The van der Waals surface area contributed by atoms with Gasteiger partial charge in [0.1, 0.15) is 12.4 Å². The maximum atomic E-state index is 12.0. The molecule has 0 amide bonds. The lowest BCUT2D eigenvalue weighted by Gasteiger charge is -2.20. The van der Waals surface area contributed by atoms with Crippen LogP contribution in [0, 0.1) is 0 Å². The molecule has 0 aromatic heterocycles. The van der Waals surface area contributed by atoms with E-state index in [1.54, 1.807) is 23.9 Å². The van der Waals surface area contributed by atoms with Crippen molar-refractivity contribution in [2.45, 2.75) is 11.3 Å². The van der Waals surface area contributed by atoms with Gasteiger partial charge in [-0.25, -0.2) is 0 Å². The molecule has 0 unspecified atom stereocenters. The largest absolute Gasteiger partial charge is 0.491 e. The van der Waals surface area contributed by atoms with Gasteiger partial charge in [-0.05, 0) is 26.2 Å². The van der Waals surface area contributed by atoms with Crippen LogP contribution in [0.2, 0.25) is 5.02 Å². The summed E-state index contributed by atoms with van der Waals surface area (Å²) in [7, 11) is 3.98. The number of hydrogen-bond donors (Lipinski definition) is 0. The molecule has 1 aliphatic heterocycles. The van der Waals surface area contributed by atoms with Crippen LogP contribution >= 0.6 is 23.4 Å². The lowest BCUT2D eigenvalue weighted by atomic mass is 10.1. The number of carbonyl (C=O) groups is 1. The van der Waals surface area contributed by atoms with Crippen LogP contribution in [0.4, 0.5) is 0 Å². The third-order valence-corrected chi connectivity index (χ3v) is 4.27. The highest BCUT2D eigenvalue weighted by molar-refractivity contribution is 7.99. The van der Waals surface area contributed by atoms with Crippen LogP contribution in [0.3, 0.4) is 0 Å². The first kappa shape index (κ1) is 13.7. The molecule has 1 aliphatic rings. The first-order valence-corrected chi connectivity index (χ1v) is 7.22. The summed E-state index contributed by atoms with van der Waals surface area (Å²) in [5.74, 6) is 1.59. The Morgan fingerprint density at radius 3 is 2.94 bits per heavy atom. The van der Waals surface area contributed by atoms with Gasteiger partial charge < -0.3 is 9.64 Å². The van der Waals surface area contributed by atoms with E-state index in [1.165, 1.54) is 0 Å². The number of halogens is 1. The molecule has 0 bridgehead atoms. The van der Waals surface area contributed by atoms with E-state index in [-0.39, 0.29) is 5.78 Å². The smallest absolute Gasteiger partial charge is 0.168 e. The Morgan fingerprint density at radius 2 is 2.22 bits per heavy atom. The van der Waals surface area contributed by atoms with E-state index in [9.17, 15) is 4.79 Å². The zero-order valence-corrected chi connectivity index (χ0v) is 12.1. The van der Waals surface area contributed by atoms with E-state index in [2.05, 4.69) is 0 Å². The minimum atomic E-state index is 0.131. The molecule has 0 saturated heterocycles. The molecule has 0 fully saturated rings. The highest BCUT2D eigenvalue weighted by atomic mass is 35.5. The quantitative estimate of drug-likeness (QED) is 0.851. The normalized spacial score (nSPS) is 14.8. The molecule has 98 valence electrons. The minimum absolute atomic E-state index is 0.131. The lowest BCUT2D eigenvalue weighted by Crippen LogP contribution is -2.20. The molecule has 18 heavy (non-hydrogen) atoms. The van der Waals surface area contributed by atoms with Gasteiger partial charge in [0, 0.05) is 23.6 Å². The SMILES string of the molecule is CN(C)CCOc1ccc(Cl)c2c1C(=O)CCS2. The van der Waals surface area contributed by atoms with Gasteiger partial charge in [0.2, 0.25) is 0 Å². The summed E-state index contributed by atoms with van der Waals surface area (Å²) in [5.41, 5.74) is 0.664. The summed E-state index contributed by atoms with van der Waals surface area (Å²) in [6.07, 6.45) is 0.558. The third kappa shape index (κ3) is 2.99. The second-order valence-electron chi connectivity index (χ2n) is 4.42. The number of nitrogens with zero attached hydrogens (tertiary/aromatic N) is 1. The van der Waals surface area contributed by atoms with Crippen molar-refractivity contribution >= 4 is 29.1 Å². The second-order valence-corrected chi connectivity index (χ2v) is 5.94. The Hall–Kier alpha value is -0.710. The predicted octanol–water partition coefficient (Wildman–Crippen LogP) is 2.96. The fourth-order valence-electron chi connectivity index (χ4n) is 1.77. The second kappa shape index (κ2) is 5.95. The highest BCUT2D eigenvalue weighted by Crippen LogP contribution is 2.40. The highest BCUT2D eigenvalue weighted by Gasteiger charge is 2.24. The van der Waals surface area contributed by atoms with E-state index in [4.69, 9.17) is 16.3 Å². The number of Topliss-reactive ketones (excluding diaryl/α,β-unsaturated/α-hetero) is 1. The average Bonchev–Trinajstić information content (AvgIpc) is 2.32. The van der Waals surface area contributed by atoms with Gasteiger partial charge in [0.25, 0.3) is 0 Å². The Labute approximate surface area is 116 Å². The van der Waals surface area contributed by atoms with Crippen molar-refractivity contribution < 1.29 is 9.53 Å². The van der Waals surface area contributed by atoms with Gasteiger partial charge >= 0.3 is 0 Å². The van der Waals surface area contributed by atoms with Crippen LogP contribution in [-0.4, -0.2) is 43.7 Å². The Bertz CT molecular complexity index is 463. The summed E-state index contributed by atoms with van der Waals surface area (Å²) in [6, 6.07) is 3.59. The van der Waals surface area contributed by atoms with Crippen molar-refractivity contribution in [1.29, 1.82) is 0 Å². The van der Waals surface area contributed by atoms with Gasteiger partial charge in [-0.2, -0.15) is 0 Å². The average molecular weight is 286 g/mol. The zero-order chi connectivity index (χ0) is 13.1. The Morgan fingerprint density at radius 1 is 1.44 bits per heavy atom. The molecule has 1 heterocycles. The Kier molecular flexibility index (Phi) is 4.54. The summed E-state index contributed by atoms with van der Waals surface area (Å²) < 4.78 is 5.71. The number of carbonyl (C=O) groups excluding carboxylic acids is 1. The zero-order valence-electron chi connectivity index (χ0n) is 10.5. The molecule has 2 rings (SSSR count). The van der Waals surface area contributed by atoms with Crippen LogP contribution in [0.1, 0.15) is 16.8 Å². The van der Waals surface area contributed by atoms with Crippen LogP contribution in [-0.2, 0) is 0 Å². The lowest BCUT2D eigenvalue weighted by molar-refractivity contribution is 0.0980. The standard InChI is InChI=1S/C13H16ClNO2S/c1-15(2)6-7-17-11-4-3-9(14)13-12(11)10(16)5-8-18-13/h3-4H,5-8H2,1-2H3. The first-order chi connectivity index (χ1) is 8.59. The number of rotatable bonds is 4. The molecule has 0 atom stereocenters. The fourth-order valence-corrected chi connectivity index (χ4v) is 3.15. The van der Waals surface area contributed by atoms with Crippen LogP contribution in [0.5, 0.6) is 5.75 Å². The molecule has 0 saturated carbocycles. The van der Waals surface area contributed by atoms with Crippen LogP contribution in [0.15, 0.2) is 17.0 Å². The summed E-state index contributed by atoms with van der Waals surface area (Å²) in [4.78, 5) is 14.9. The molecule has 1 aromatic rings. The van der Waals surface area contributed by atoms with Crippen LogP contribution in [0.25, 0.3) is 0 Å². The molecule has 0 radical (unpaired) electrons. The van der Waals surface area contributed by atoms with Gasteiger partial charge in [0.15, 0.2) is 5.78 Å². The number of ether oxygens (including phenoxy) is 1. The van der Waals surface area contributed by atoms with E-state index < -0.39 is 0 Å². The van der Waals surface area contributed by atoms with Gasteiger partial charge in [-0.3, -0.25) is 4.79 Å². The van der Waals surface area contributed by atoms with E-state index >= 15 is 0 Å². The third-order valence-electron chi connectivity index (χ3n) is 2.72. The molecular weight excluding hydrogens is 270 g/mol. The molecular formula is C13H16ClNO2S. The number of thioether (sulfide) groups is 1. The number of benzene rings is 1. The maximum Gasteiger partial charge on any atom is 0.168 e. The van der Waals surface area contributed by atoms with E-state index in [1.807, 2.05) is 19.0 Å².